The summed E-state index contributed by atoms with van der Waals surface area (Å²) in [5.74, 6) is 0.636. The number of nitrogens with two attached hydrogens (primary N) is 1. The lowest BCUT2D eigenvalue weighted by atomic mass is 9.82. The average Bonchev–Trinajstić information content (AvgIpc) is 2.82. The van der Waals surface area contributed by atoms with Crippen molar-refractivity contribution in [3.63, 3.8) is 0 Å². The van der Waals surface area contributed by atoms with Crippen LogP contribution in [-0.2, 0) is 16.1 Å². The number of esters is 1. The summed E-state index contributed by atoms with van der Waals surface area (Å²) in [6, 6.07) is 10.6. The summed E-state index contributed by atoms with van der Waals surface area (Å²) in [6.45, 7) is 1.98. The number of aromatic amines is 1. The largest absolute Gasteiger partial charge is 0.493 e. The number of nitrogens with one attached hydrogen (secondary N) is 2. The van der Waals surface area contributed by atoms with Crippen LogP contribution >= 0.6 is 35.4 Å². The number of allylic oxidation sites excluding steroid dienone is 1. The predicted molar refractivity (Wildman–Crippen MR) is 138 cm³/mol. The highest BCUT2D eigenvalue weighted by atomic mass is 35.5. The molecule has 0 fully saturated rings. The molecule has 0 saturated carbocycles. The SMILES string of the molecule is COC(=O)C1=C(C)Nc2nc(=S)[nH]c(N)c2C1c1ccc(OCc2ccc(Cl)cc2Cl)c(OC)c1. The quantitative estimate of drug-likeness (QED) is 0.277. The molecule has 3 aromatic rings. The van der Waals surface area contributed by atoms with Crippen LogP contribution < -0.4 is 20.5 Å². The molecule has 11 heteroatoms. The van der Waals surface area contributed by atoms with Gasteiger partial charge in [0.05, 0.1) is 25.7 Å². The summed E-state index contributed by atoms with van der Waals surface area (Å²) in [6.07, 6.45) is 0. The maximum Gasteiger partial charge on any atom is 0.336 e. The third-order valence-electron chi connectivity index (χ3n) is 5.61. The minimum atomic E-state index is -0.591. The van der Waals surface area contributed by atoms with Gasteiger partial charge >= 0.3 is 5.97 Å². The molecule has 4 rings (SSSR count). The maximum atomic E-state index is 12.8. The number of anilines is 2. The molecule has 0 radical (unpaired) electrons. The number of benzene rings is 2. The lowest BCUT2D eigenvalue weighted by molar-refractivity contribution is -0.136. The fourth-order valence-corrected chi connectivity index (χ4v) is 4.65. The van der Waals surface area contributed by atoms with Crippen molar-refractivity contribution in [2.45, 2.75) is 19.4 Å². The molecule has 2 heterocycles. The number of carbonyl (C=O) groups is 1. The Hall–Kier alpha value is -3.27. The predicted octanol–water partition coefficient (Wildman–Crippen LogP) is 5.62. The molecule has 1 aliphatic rings. The second-order valence-corrected chi connectivity index (χ2v) is 8.97. The molecular formula is C24H22Cl2N4O4S. The molecule has 182 valence electrons. The van der Waals surface area contributed by atoms with Crippen molar-refractivity contribution in [2.75, 3.05) is 25.3 Å². The first kappa shape index (κ1) is 24.8. The molecule has 0 amide bonds. The lowest BCUT2D eigenvalue weighted by Gasteiger charge is -2.30. The van der Waals surface area contributed by atoms with E-state index < -0.39 is 11.9 Å². The number of H-pyrrole nitrogens is 1. The molecule has 4 N–H and O–H groups in total. The molecule has 35 heavy (non-hydrogen) atoms. The number of hydrogen-bond donors (Lipinski definition) is 3. The van der Waals surface area contributed by atoms with Crippen LogP contribution in [-0.4, -0.2) is 30.2 Å². The molecule has 1 unspecified atom stereocenters. The maximum absolute atomic E-state index is 12.8. The molecule has 0 spiro atoms. The number of ether oxygens (including phenoxy) is 3. The topological polar surface area (TPSA) is 111 Å². The van der Waals surface area contributed by atoms with Crippen LogP contribution in [0.2, 0.25) is 10.0 Å². The van der Waals surface area contributed by atoms with Gasteiger partial charge in [0, 0.05) is 26.9 Å². The van der Waals surface area contributed by atoms with Gasteiger partial charge in [0.25, 0.3) is 0 Å². The number of carbonyl (C=O) groups excluding carboxylic acids is 1. The van der Waals surface area contributed by atoms with Crippen molar-refractivity contribution in [1.29, 1.82) is 0 Å². The van der Waals surface area contributed by atoms with Gasteiger partial charge in [-0.05, 0) is 49.0 Å². The Morgan fingerprint density at radius 1 is 1.17 bits per heavy atom. The van der Waals surface area contributed by atoms with E-state index in [9.17, 15) is 4.79 Å². The Balaban J connectivity index is 1.76. The number of fused-ring (bicyclic) bond motifs is 1. The Labute approximate surface area is 217 Å². The van der Waals surface area contributed by atoms with Crippen LogP contribution in [0.5, 0.6) is 11.5 Å². The number of halogens is 2. The molecule has 0 saturated heterocycles. The van der Waals surface area contributed by atoms with Gasteiger partial charge in [-0.15, -0.1) is 0 Å². The van der Waals surface area contributed by atoms with E-state index in [4.69, 9.17) is 55.4 Å². The van der Waals surface area contributed by atoms with Crippen molar-refractivity contribution < 1.29 is 19.0 Å². The van der Waals surface area contributed by atoms with Gasteiger partial charge in [0.1, 0.15) is 18.2 Å². The normalized spacial score (nSPS) is 14.7. The zero-order valence-corrected chi connectivity index (χ0v) is 21.4. The van der Waals surface area contributed by atoms with Crippen molar-refractivity contribution in [3.8, 4) is 11.5 Å². The van der Waals surface area contributed by atoms with Gasteiger partial charge in [0.15, 0.2) is 16.3 Å². The second kappa shape index (κ2) is 10.2. The second-order valence-electron chi connectivity index (χ2n) is 7.74. The average molecular weight is 533 g/mol. The van der Waals surface area contributed by atoms with Crippen LogP contribution in [0, 0.1) is 4.77 Å². The Kier molecular flexibility index (Phi) is 7.20. The van der Waals surface area contributed by atoms with E-state index in [1.165, 1.54) is 14.2 Å². The van der Waals surface area contributed by atoms with Crippen molar-refractivity contribution in [3.05, 3.63) is 79.2 Å². The lowest BCUT2D eigenvalue weighted by Crippen LogP contribution is -2.26. The number of rotatable bonds is 6. The molecule has 1 atom stereocenters. The molecular weight excluding hydrogens is 511 g/mol. The minimum Gasteiger partial charge on any atom is -0.493 e. The van der Waals surface area contributed by atoms with Crippen LogP contribution in [0.15, 0.2) is 47.7 Å². The van der Waals surface area contributed by atoms with Gasteiger partial charge in [-0.2, -0.15) is 0 Å². The summed E-state index contributed by atoms with van der Waals surface area (Å²) in [5.41, 5.74) is 9.35. The summed E-state index contributed by atoms with van der Waals surface area (Å²) in [5, 5.41) is 4.16. The molecule has 0 bridgehead atoms. The van der Waals surface area contributed by atoms with Crippen molar-refractivity contribution in [1.82, 2.24) is 9.97 Å². The molecule has 2 aromatic carbocycles. The third kappa shape index (κ3) is 4.93. The van der Waals surface area contributed by atoms with E-state index in [-0.39, 0.29) is 11.4 Å². The van der Waals surface area contributed by atoms with E-state index in [1.54, 1.807) is 37.3 Å². The summed E-state index contributed by atoms with van der Waals surface area (Å²) in [4.78, 5) is 20.0. The zero-order chi connectivity index (χ0) is 25.3. The van der Waals surface area contributed by atoms with Crippen LogP contribution in [0.25, 0.3) is 0 Å². The van der Waals surface area contributed by atoms with Crippen molar-refractivity contribution >= 4 is 53.0 Å². The number of hydrogen-bond acceptors (Lipinski definition) is 8. The smallest absolute Gasteiger partial charge is 0.336 e. The third-order valence-corrected chi connectivity index (χ3v) is 6.39. The first-order valence-corrected chi connectivity index (χ1v) is 11.6. The van der Waals surface area contributed by atoms with E-state index in [0.29, 0.717) is 50.0 Å². The minimum absolute atomic E-state index is 0.210. The van der Waals surface area contributed by atoms with Gasteiger partial charge in [-0.3, -0.25) is 0 Å². The highest BCUT2D eigenvalue weighted by Gasteiger charge is 2.36. The van der Waals surface area contributed by atoms with E-state index >= 15 is 0 Å². The number of nitrogens with zero attached hydrogens (tertiary/aromatic N) is 1. The Bertz CT molecular complexity index is 1410. The summed E-state index contributed by atoms with van der Waals surface area (Å²) in [7, 11) is 2.86. The van der Waals surface area contributed by atoms with E-state index in [0.717, 1.165) is 11.1 Å². The summed E-state index contributed by atoms with van der Waals surface area (Å²) >= 11 is 17.4. The zero-order valence-electron chi connectivity index (χ0n) is 19.1. The Morgan fingerprint density at radius 3 is 2.63 bits per heavy atom. The van der Waals surface area contributed by atoms with Crippen LogP contribution in [0.3, 0.4) is 0 Å². The van der Waals surface area contributed by atoms with Gasteiger partial charge in [-0.25, -0.2) is 9.78 Å². The molecule has 1 aliphatic heterocycles. The number of aromatic nitrogens is 2. The van der Waals surface area contributed by atoms with Gasteiger partial charge in [0.2, 0.25) is 0 Å². The standard InChI is InChI=1S/C24H22Cl2N4O4S/c1-11-18(23(31)33-3)19(20-21(27)29-24(35)30-22(20)28-11)12-5-7-16(17(8-12)32-2)34-10-13-4-6-14(25)9-15(13)26/h4-9,19H,10H2,1-3H3,(H4,27,28,29,30,35). The number of nitrogen functional groups attached to an aromatic ring is 1. The van der Waals surface area contributed by atoms with E-state index in [1.807, 2.05) is 6.07 Å². The Morgan fingerprint density at radius 2 is 1.94 bits per heavy atom. The summed E-state index contributed by atoms with van der Waals surface area (Å²) < 4.78 is 16.9. The highest BCUT2D eigenvalue weighted by Crippen LogP contribution is 2.45. The van der Waals surface area contributed by atoms with Gasteiger partial charge < -0.3 is 30.2 Å². The molecule has 8 nitrogen and oxygen atoms in total. The van der Waals surface area contributed by atoms with Crippen molar-refractivity contribution in [2.24, 2.45) is 0 Å². The first-order chi connectivity index (χ1) is 16.7. The van der Waals surface area contributed by atoms with Gasteiger partial charge in [-0.1, -0.05) is 35.3 Å². The molecule has 1 aromatic heterocycles. The highest BCUT2D eigenvalue weighted by molar-refractivity contribution is 7.71. The van der Waals surface area contributed by atoms with Crippen LogP contribution in [0.4, 0.5) is 11.6 Å². The first-order valence-electron chi connectivity index (χ1n) is 10.4. The number of methoxy groups -OCH3 is 2. The van der Waals surface area contributed by atoms with Crippen LogP contribution in [0.1, 0.15) is 29.5 Å². The molecule has 0 aliphatic carbocycles. The van der Waals surface area contributed by atoms with E-state index in [2.05, 4.69) is 15.3 Å². The monoisotopic (exact) mass is 532 g/mol. The fraction of sp³-hybridized carbons (Fsp3) is 0.208. The fourth-order valence-electron chi connectivity index (χ4n) is 3.98.